The number of amides is 2. The zero-order chi connectivity index (χ0) is 21.8. The van der Waals surface area contributed by atoms with E-state index in [-0.39, 0.29) is 0 Å². The van der Waals surface area contributed by atoms with Gasteiger partial charge in [-0.05, 0) is 43.0 Å². The van der Waals surface area contributed by atoms with Crippen LogP contribution in [-0.4, -0.2) is 38.0 Å². The molecule has 0 radical (unpaired) electrons. The lowest BCUT2D eigenvalue weighted by molar-refractivity contribution is -0.135. The first-order valence-electron chi connectivity index (χ1n) is 9.08. The molecule has 8 heteroatoms. The van der Waals surface area contributed by atoms with Gasteiger partial charge in [0.2, 0.25) is 11.8 Å². The maximum Gasteiger partial charge on any atom is 0.330 e. The highest BCUT2D eigenvalue weighted by Gasteiger charge is 2.13. The van der Waals surface area contributed by atoms with Crippen LogP contribution in [-0.2, 0) is 35.1 Å². The van der Waals surface area contributed by atoms with Gasteiger partial charge in [-0.25, -0.2) is 9.59 Å². The summed E-state index contributed by atoms with van der Waals surface area (Å²) in [5, 5.41) is 5.46. The Bertz CT molecular complexity index is 827. The van der Waals surface area contributed by atoms with Crippen LogP contribution in [0.25, 0.3) is 0 Å². The molecule has 0 atom stereocenters. The van der Waals surface area contributed by atoms with Crippen LogP contribution >= 0.6 is 0 Å². The Morgan fingerprint density at radius 3 is 1.83 bits per heavy atom. The molecule has 2 N–H and O–H groups in total. The minimum Gasteiger partial charge on any atom is -0.466 e. The molecule has 1 aromatic carbocycles. The monoisotopic (exact) mass is 402 g/mol. The topological polar surface area (TPSA) is 111 Å². The summed E-state index contributed by atoms with van der Waals surface area (Å²) in [4.78, 5) is 46.3. The number of anilines is 2. The second-order valence-corrected chi connectivity index (χ2v) is 6.06. The van der Waals surface area contributed by atoms with Crippen molar-refractivity contribution in [2.24, 2.45) is 0 Å². The Balaban J connectivity index is 3.06. The lowest BCUT2D eigenvalue weighted by Gasteiger charge is -2.17. The van der Waals surface area contributed by atoms with E-state index in [9.17, 15) is 19.2 Å². The molecule has 0 aliphatic carbocycles. The molecule has 156 valence electrons. The summed E-state index contributed by atoms with van der Waals surface area (Å²) in [5.41, 5.74) is 2.84. The summed E-state index contributed by atoms with van der Waals surface area (Å²) < 4.78 is 8.91. The summed E-state index contributed by atoms with van der Waals surface area (Å²) in [7, 11) is 2.45. The molecule has 29 heavy (non-hydrogen) atoms. The summed E-state index contributed by atoms with van der Waals surface area (Å²) in [6.07, 6.45) is 6.79. The highest BCUT2D eigenvalue weighted by molar-refractivity contribution is 6.05. The van der Waals surface area contributed by atoms with Gasteiger partial charge in [-0.1, -0.05) is 13.3 Å². The van der Waals surface area contributed by atoms with E-state index in [4.69, 9.17) is 0 Å². The van der Waals surface area contributed by atoms with E-state index in [1.54, 1.807) is 12.1 Å². The third kappa shape index (κ3) is 8.00. The average molecular weight is 402 g/mol. The molecule has 1 aromatic rings. The Kier molecular flexibility index (Phi) is 9.87. The molecule has 1 rings (SSSR count). The molecule has 0 aliphatic rings. The van der Waals surface area contributed by atoms with Crippen LogP contribution in [0, 0.1) is 6.92 Å². The molecular formula is C21H26N2O6. The number of nitrogens with one attached hydrogen (secondary N) is 2. The molecule has 2 amide bonds. The maximum absolute atomic E-state index is 12.1. The molecule has 0 spiro atoms. The van der Waals surface area contributed by atoms with Crippen LogP contribution in [0.2, 0.25) is 0 Å². The number of methoxy groups -OCH3 is 2. The van der Waals surface area contributed by atoms with Crippen molar-refractivity contribution in [1.29, 1.82) is 0 Å². The van der Waals surface area contributed by atoms with Gasteiger partial charge in [0, 0.05) is 35.7 Å². The van der Waals surface area contributed by atoms with Crippen molar-refractivity contribution in [2.45, 2.75) is 33.1 Å². The molecule has 0 unspecified atom stereocenters. The predicted octanol–water partition coefficient (Wildman–Crippen LogP) is 2.67. The van der Waals surface area contributed by atoms with E-state index < -0.39 is 23.8 Å². The number of hydrogen-bond acceptors (Lipinski definition) is 6. The standard InChI is InChI=1S/C21H26N2O6/c1-5-6-7-15-14(2)16(22-18(24)10-12-20(26)28-3)8-9-17(15)23-19(25)11-13-21(27)29-4/h8-13H,5-7H2,1-4H3,(H,22,24)(H,23,25)/b12-10-,13-11-. The van der Waals surface area contributed by atoms with Crippen molar-refractivity contribution >= 4 is 35.1 Å². The third-order valence-electron chi connectivity index (χ3n) is 4.04. The quantitative estimate of drug-likeness (QED) is 0.485. The van der Waals surface area contributed by atoms with Gasteiger partial charge in [0.1, 0.15) is 0 Å². The fraction of sp³-hybridized carbons (Fsp3) is 0.333. The summed E-state index contributed by atoms with van der Waals surface area (Å²) in [6, 6.07) is 3.34. The van der Waals surface area contributed by atoms with Gasteiger partial charge in [-0.2, -0.15) is 0 Å². The summed E-state index contributed by atoms with van der Waals surface area (Å²) in [6.45, 7) is 3.89. The molecule has 0 fully saturated rings. The van der Waals surface area contributed by atoms with Crippen molar-refractivity contribution in [3.8, 4) is 0 Å². The number of esters is 2. The minimum atomic E-state index is -0.626. The van der Waals surface area contributed by atoms with E-state index in [1.165, 1.54) is 14.2 Å². The molecule has 0 saturated heterocycles. The molecule has 0 aromatic heterocycles. The Hall–Kier alpha value is -3.42. The van der Waals surface area contributed by atoms with Gasteiger partial charge in [-0.3, -0.25) is 9.59 Å². The molecule has 8 nitrogen and oxygen atoms in total. The first kappa shape index (κ1) is 23.6. The largest absolute Gasteiger partial charge is 0.466 e. The van der Waals surface area contributed by atoms with Gasteiger partial charge in [0.25, 0.3) is 0 Å². The van der Waals surface area contributed by atoms with Crippen LogP contribution < -0.4 is 10.6 Å². The Morgan fingerprint density at radius 2 is 1.34 bits per heavy atom. The summed E-state index contributed by atoms with van der Waals surface area (Å²) >= 11 is 0. The van der Waals surface area contributed by atoms with Crippen molar-refractivity contribution in [3.63, 3.8) is 0 Å². The van der Waals surface area contributed by atoms with E-state index in [2.05, 4.69) is 27.0 Å². The smallest absolute Gasteiger partial charge is 0.330 e. The minimum absolute atomic E-state index is 0.467. The number of rotatable bonds is 9. The number of carbonyl (C=O) groups is 4. The van der Waals surface area contributed by atoms with Crippen molar-refractivity contribution in [2.75, 3.05) is 24.9 Å². The molecule has 0 bridgehead atoms. The van der Waals surface area contributed by atoms with Crippen LogP contribution in [0.1, 0.15) is 30.9 Å². The van der Waals surface area contributed by atoms with Crippen LogP contribution in [0.4, 0.5) is 11.4 Å². The second kappa shape index (κ2) is 12.1. The van der Waals surface area contributed by atoms with Crippen molar-refractivity contribution in [1.82, 2.24) is 0 Å². The number of benzene rings is 1. The lowest BCUT2D eigenvalue weighted by Crippen LogP contribution is -2.14. The maximum atomic E-state index is 12.1. The second-order valence-electron chi connectivity index (χ2n) is 6.06. The summed E-state index contributed by atoms with van der Waals surface area (Å²) in [5.74, 6) is -2.19. The number of unbranched alkanes of at least 4 members (excludes halogenated alkanes) is 1. The van der Waals surface area contributed by atoms with Gasteiger partial charge in [-0.15, -0.1) is 0 Å². The molecule has 0 heterocycles. The lowest BCUT2D eigenvalue weighted by atomic mass is 9.99. The highest BCUT2D eigenvalue weighted by Crippen LogP contribution is 2.28. The number of hydrogen-bond donors (Lipinski definition) is 2. The number of carbonyl (C=O) groups excluding carboxylic acids is 4. The average Bonchev–Trinajstić information content (AvgIpc) is 2.71. The highest BCUT2D eigenvalue weighted by atomic mass is 16.5. The number of ether oxygens (including phenoxy) is 2. The fourth-order valence-electron chi connectivity index (χ4n) is 2.46. The normalized spacial score (nSPS) is 10.8. The van der Waals surface area contributed by atoms with Crippen molar-refractivity contribution < 1.29 is 28.7 Å². The molecule has 0 saturated carbocycles. The Labute approximate surface area is 169 Å². The fourth-order valence-corrected chi connectivity index (χ4v) is 2.46. The van der Waals surface area contributed by atoms with Crippen LogP contribution in [0.3, 0.4) is 0 Å². The van der Waals surface area contributed by atoms with E-state index in [0.717, 1.165) is 48.3 Å². The zero-order valence-electron chi connectivity index (χ0n) is 17.0. The van der Waals surface area contributed by atoms with E-state index in [1.807, 2.05) is 6.92 Å². The van der Waals surface area contributed by atoms with E-state index in [0.29, 0.717) is 17.8 Å². The first-order chi connectivity index (χ1) is 13.8. The van der Waals surface area contributed by atoms with Crippen molar-refractivity contribution in [3.05, 3.63) is 47.6 Å². The molecule has 0 aliphatic heterocycles. The van der Waals surface area contributed by atoms with Crippen LogP contribution in [0.5, 0.6) is 0 Å². The van der Waals surface area contributed by atoms with Gasteiger partial charge in [0.15, 0.2) is 0 Å². The predicted molar refractivity (Wildman–Crippen MR) is 109 cm³/mol. The van der Waals surface area contributed by atoms with Gasteiger partial charge >= 0.3 is 11.9 Å². The third-order valence-corrected chi connectivity index (χ3v) is 4.04. The van der Waals surface area contributed by atoms with Gasteiger partial charge < -0.3 is 20.1 Å². The SMILES string of the molecule is CCCCc1c(NC(=O)/C=C\C(=O)OC)ccc(NC(=O)/C=C\C(=O)OC)c1C. The van der Waals surface area contributed by atoms with E-state index >= 15 is 0 Å². The Morgan fingerprint density at radius 1 is 0.862 bits per heavy atom. The molecular weight excluding hydrogens is 376 g/mol. The first-order valence-corrected chi connectivity index (χ1v) is 9.08. The van der Waals surface area contributed by atoms with Gasteiger partial charge in [0.05, 0.1) is 14.2 Å². The zero-order valence-corrected chi connectivity index (χ0v) is 17.0. The van der Waals surface area contributed by atoms with Crippen LogP contribution in [0.15, 0.2) is 36.4 Å².